The van der Waals surface area contributed by atoms with Gasteiger partial charge in [0.25, 0.3) is 0 Å². The molecule has 0 aromatic rings. The summed E-state index contributed by atoms with van der Waals surface area (Å²) in [4.78, 5) is 0. The first-order valence-corrected chi connectivity index (χ1v) is 7.43. The van der Waals surface area contributed by atoms with E-state index in [9.17, 15) is 0 Å². The molecule has 1 saturated heterocycles. The predicted octanol–water partition coefficient (Wildman–Crippen LogP) is 2.44. The van der Waals surface area contributed by atoms with Crippen molar-refractivity contribution in [2.45, 2.75) is 75.9 Å². The second-order valence-electron chi connectivity index (χ2n) is 6.08. The fourth-order valence-electron chi connectivity index (χ4n) is 4.03. The van der Waals surface area contributed by atoms with Crippen LogP contribution >= 0.6 is 0 Å². The van der Waals surface area contributed by atoms with Gasteiger partial charge in [-0.25, -0.2) is 0 Å². The Hall–Kier alpha value is -0.0800. The van der Waals surface area contributed by atoms with Crippen LogP contribution in [0.25, 0.3) is 0 Å². The summed E-state index contributed by atoms with van der Waals surface area (Å²) in [6.07, 6.45) is 13.0. The highest BCUT2D eigenvalue weighted by Crippen LogP contribution is 2.29. The van der Waals surface area contributed by atoms with Crippen LogP contribution in [0.4, 0.5) is 0 Å². The zero-order valence-electron chi connectivity index (χ0n) is 10.4. The molecule has 0 radical (unpaired) electrons. The van der Waals surface area contributed by atoms with Crippen LogP contribution in [-0.4, -0.2) is 24.7 Å². The maximum atomic E-state index is 3.96. The lowest BCUT2D eigenvalue weighted by molar-refractivity contribution is 0.158. The van der Waals surface area contributed by atoms with Crippen LogP contribution in [0, 0.1) is 5.92 Å². The molecule has 1 unspecified atom stereocenters. The first-order chi connectivity index (χ1) is 7.93. The number of hydrogen-bond acceptors (Lipinski definition) is 2. The Morgan fingerprint density at radius 3 is 2.12 bits per heavy atom. The second kappa shape index (κ2) is 5.05. The van der Waals surface area contributed by atoms with Gasteiger partial charge in [0.2, 0.25) is 0 Å². The fourth-order valence-corrected chi connectivity index (χ4v) is 4.03. The molecule has 0 bridgehead atoms. The van der Waals surface area contributed by atoms with E-state index in [4.69, 9.17) is 0 Å². The highest BCUT2D eigenvalue weighted by Gasteiger charge is 2.34. The zero-order chi connectivity index (χ0) is 10.8. The van der Waals surface area contributed by atoms with Crippen molar-refractivity contribution < 1.29 is 0 Å². The Kier molecular flexibility index (Phi) is 3.49. The molecule has 1 aliphatic heterocycles. The Labute approximate surface area is 99.6 Å². The Morgan fingerprint density at radius 1 is 0.625 bits per heavy atom. The molecule has 3 fully saturated rings. The van der Waals surface area contributed by atoms with Gasteiger partial charge in [-0.05, 0) is 31.6 Å². The highest BCUT2D eigenvalue weighted by molar-refractivity contribution is 4.96. The number of rotatable bonds is 1. The summed E-state index contributed by atoms with van der Waals surface area (Å²) in [6.45, 7) is 1.23. The molecule has 3 aliphatic rings. The average molecular weight is 222 g/mol. The Bertz CT molecular complexity index is 220. The van der Waals surface area contributed by atoms with E-state index in [1.54, 1.807) is 0 Å². The van der Waals surface area contributed by atoms with Crippen LogP contribution < -0.4 is 10.6 Å². The molecule has 2 aliphatic carbocycles. The van der Waals surface area contributed by atoms with Crippen molar-refractivity contribution in [2.75, 3.05) is 6.54 Å². The number of hydrogen-bond donors (Lipinski definition) is 2. The molecule has 1 heterocycles. The van der Waals surface area contributed by atoms with Gasteiger partial charge in [-0.3, -0.25) is 0 Å². The zero-order valence-corrected chi connectivity index (χ0v) is 10.4. The molecule has 92 valence electrons. The standard InChI is InChI=1S/C14H26N2/c1-2-6-11(7-3-1)14-10-15-12-8-4-5-9-13(12)16-14/h11-16H,1-10H2/t12-,13-,14?/m0/s1. The molecule has 0 spiro atoms. The second-order valence-corrected chi connectivity index (χ2v) is 6.08. The third kappa shape index (κ3) is 2.28. The van der Waals surface area contributed by atoms with E-state index in [1.165, 1.54) is 64.3 Å². The largest absolute Gasteiger partial charge is 0.311 e. The summed E-state index contributed by atoms with van der Waals surface area (Å²) < 4.78 is 0. The van der Waals surface area contributed by atoms with Crippen LogP contribution in [0.5, 0.6) is 0 Å². The SMILES string of the molecule is C1CCC(C2CN[C@H]3CCCC[C@@H]3N2)CC1. The van der Waals surface area contributed by atoms with Crippen molar-refractivity contribution in [3.8, 4) is 0 Å². The molecular formula is C14H26N2. The highest BCUT2D eigenvalue weighted by atomic mass is 15.1. The topological polar surface area (TPSA) is 24.1 Å². The van der Waals surface area contributed by atoms with Crippen molar-refractivity contribution in [3.63, 3.8) is 0 Å². The summed E-state index contributed by atoms with van der Waals surface area (Å²) in [6, 6.07) is 2.35. The summed E-state index contributed by atoms with van der Waals surface area (Å²) in [5.74, 6) is 0.962. The van der Waals surface area contributed by atoms with Crippen molar-refractivity contribution in [3.05, 3.63) is 0 Å². The summed E-state index contributed by atoms with van der Waals surface area (Å²) >= 11 is 0. The summed E-state index contributed by atoms with van der Waals surface area (Å²) in [5.41, 5.74) is 0. The molecule has 2 nitrogen and oxygen atoms in total. The quantitative estimate of drug-likeness (QED) is 0.712. The Morgan fingerprint density at radius 2 is 1.31 bits per heavy atom. The van der Waals surface area contributed by atoms with Gasteiger partial charge in [0, 0.05) is 24.7 Å². The molecule has 0 aromatic carbocycles. The van der Waals surface area contributed by atoms with E-state index in [0.29, 0.717) is 0 Å². The number of fused-ring (bicyclic) bond motifs is 1. The van der Waals surface area contributed by atoms with Crippen LogP contribution in [0.2, 0.25) is 0 Å². The molecule has 16 heavy (non-hydrogen) atoms. The lowest BCUT2D eigenvalue weighted by Crippen LogP contribution is -2.63. The van der Waals surface area contributed by atoms with Gasteiger partial charge in [0.15, 0.2) is 0 Å². The maximum absolute atomic E-state index is 3.96. The lowest BCUT2D eigenvalue weighted by atomic mass is 9.80. The van der Waals surface area contributed by atoms with E-state index in [-0.39, 0.29) is 0 Å². The third-order valence-electron chi connectivity index (χ3n) is 5.01. The van der Waals surface area contributed by atoms with Gasteiger partial charge < -0.3 is 10.6 Å². The van der Waals surface area contributed by atoms with Crippen molar-refractivity contribution >= 4 is 0 Å². The van der Waals surface area contributed by atoms with E-state index in [2.05, 4.69) is 10.6 Å². The normalized spacial score (nSPS) is 41.6. The van der Waals surface area contributed by atoms with Crippen molar-refractivity contribution in [1.82, 2.24) is 10.6 Å². The number of piperazine rings is 1. The minimum atomic E-state index is 0.777. The van der Waals surface area contributed by atoms with Crippen molar-refractivity contribution in [2.24, 2.45) is 5.92 Å². The van der Waals surface area contributed by atoms with Crippen LogP contribution in [0.15, 0.2) is 0 Å². The first kappa shape index (κ1) is 11.0. The van der Waals surface area contributed by atoms with Gasteiger partial charge >= 0.3 is 0 Å². The molecule has 2 heteroatoms. The molecule has 3 atom stereocenters. The minimum absolute atomic E-state index is 0.777. The minimum Gasteiger partial charge on any atom is -0.311 e. The average Bonchev–Trinajstić information content (AvgIpc) is 2.39. The van der Waals surface area contributed by atoms with Crippen molar-refractivity contribution in [1.29, 1.82) is 0 Å². The molecule has 0 amide bonds. The Balaban J connectivity index is 1.57. The predicted molar refractivity (Wildman–Crippen MR) is 67.5 cm³/mol. The van der Waals surface area contributed by atoms with Gasteiger partial charge in [-0.1, -0.05) is 32.1 Å². The van der Waals surface area contributed by atoms with E-state index < -0.39 is 0 Å². The van der Waals surface area contributed by atoms with Crippen LogP contribution in [-0.2, 0) is 0 Å². The van der Waals surface area contributed by atoms with E-state index in [1.807, 2.05) is 0 Å². The summed E-state index contributed by atoms with van der Waals surface area (Å²) in [7, 11) is 0. The molecule has 3 rings (SSSR count). The molecule has 2 N–H and O–H groups in total. The van der Waals surface area contributed by atoms with Crippen LogP contribution in [0.3, 0.4) is 0 Å². The summed E-state index contributed by atoms with van der Waals surface area (Å²) in [5, 5.41) is 7.77. The van der Waals surface area contributed by atoms with E-state index >= 15 is 0 Å². The van der Waals surface area contributed by atoms with Crippen LogP contribution in [0.1, 0.15) is 57.8 Å². The third-order valence-corrected chi connectivity index (χ3v) is 5.01. The van der Waals surface area contributed by atoms with Gasteiger partial charge in [0.1, 0.15) is 0 Å². The van der Waals surface area contributed by atoms with Gasteiger partial charge in [0.05, 0.1) is 0 Å². The first-order valence-electron chi connectivity index (χ1n) is 7.43. The molecular weight excluding hydrogens is 196 g/mol. The fraction of sp³-hybridized carbons (Fsp3) is 1.00. The number of nitrogens with one attached hydrogen (secondary N) is 2. The van der Waals surface area contributed by atoms with Gasteiger partial charge in [-0.2, -0.15) is 0 Å². The lowest BCUT2D eigenvalue weighted by Gasteiger charge is -2.44. The molecule has 2 saturated carbocycles. The maximum Gasteiger partial charge on any atom is 0.0224 e. The molecule has 0 aromatic heterocycles. The van der Waals surface area contributed by atoms with E-state index in [0.717, 1.165) is 24.0 Å². The van der Waals surface area contributed by atoms with Gasteiger partial charge in [-0.15, -0.1) is 0 Å². The monoisotopic (exact) mass is 222 g/mol. The smallest absolute Gasteiger partial charge is 0.0224 e.